The van der Waals surface area contributed by atoms with Gasteiger partial charge in [0, 0.05) is 12.3 Å². The van der Waals surface area contributed by atoms with E-state index >= 15 is 0 Å². The highest BCUT2D eigenvalue weighted by atomic mass is 79.9. The molecular weight excluding hydrogens is 330 g/mol. The van der Waals surface area contributed by atoms with Crippen molar-refractivity contribution in [2.75, 3.05) is 40.0 Å². The highest BCUT2D eigenvalue weighted by molar-refractivity contribution is 8.93. The zero-order chi connectivity index (χ0) is 9.45. The number of nitrogens with one attached hydrogen (secondary N) is 1. The zero-order valence-electron chi connectivity index (χ0n) is 9.29. The largest absolute Gasteiger partial charge is 1.00 e. The molecule has 1 N–H and O–H groups in total. The van der Waals surface area contributed by atoms with E-state index in [1.165, 1.54) is 6.54 Å². The van der Waals surface area contributed by atoms with E-state index in [2.05, 4.69) is 31.7 Å². The molecule has 3 nitrogen and oxygen atoms in total. The van der Waals surface area contributed by atoms with Gasteiger partial charge in [-0.05, 0) is 6.92 Å². The second-order valence-corrected chi connectivity index (χ2v) is 4.58. The minimum Gasteiger partial charge on any atom is -1.00 e. The lowest BCUT2D eigenvalue weighted by atomic mass is 10.6. The van der Waals surface area contributed by atoms with E-state index in [-0.39, 0.29) is 34.0 Å². The van der Waals surface area contributed by atoms with E-state index in [1.807, 2.05) is 12.5 Å². The summed E-state index contributed by atoms with van der Waals surface area (Å²) >= 11 is 1.75. The molecule has 0 unspecified atom stereocenters. The van der Waals surface area contributed by atoms with Gasteiger partial charge in [0.2, 0.25) is 0 Å². The third-order valence-corrected chi connectivity index (χ3v) is 1.93. The second kappa shape index (κ2) is 11.8. The van der Waals surface area contributed by atoms with E-state index in [0.29, 0.717) is 0 Å². The molecule has 88 valence electrons. The molecule has 0 bridgehead atoms. The summed E-state index contributed by atoms with van der Waals surface area (Å²) in [5.41, 5.74) is 4.76. The zero-order valence-corrected chi connectivity index (χ0v) is 13.4. The Morgan fingerprint density at radius 2 is 1.93 bits per heavy atom. The molecule has 0 aromatic rings. The Labute approximate surface area is 113 Å². The average molecular weight is 351 g/mol. The molecule has 14 heavy (non-hydrogen) atoms. The first-order chi connectivity index (χ1) is 5.56. The van der Waals surface area contributed by atoms with Crippen molar-refractivity contribution in [2.45, 2.75) is 6.92 Å². The Hall–Kier alpha value is 0.740. The Balaban J connectivity index is -0.000000605. The van der Waals surface area contributed by atoms with Gasteiger partial charge in [0.25, 0.3) is 0 Å². The van der Waals surface area contributed by atoms with Gasteiger partial charge in [0.15, 0.2) is 0 Å². The normalized spacial score (nSPS) is 10.6. The number of rotatable bonds is 6. The third-order valence-electron chi connectivity index (χ3n) is 1.26. The fourth-order valence-electron chi connectivity index (χ4n) is 0.545. The van der Waals surface area contributed by atoms with Crippen molar-refractivity contribution < 1.29 is 21.5 Å². The van der Waals surface area contributed by atoms with Crippen LogP contribution in [0.2, 0.25) is 0 Å². The fourth-order valence-corrected chi connectivity index (χ4v) is 1.45. The van der Waals surface area contributed by atoms with Gasteiger partial charge in [-0.15, -0.1) is 28.7 Å². The highest BCUT2D eigenvalue weighted by Crippen LogP contribution is 1.98. The van der Waals surface area contributed by atoms with Crippen LogP contribution >= 0.6 is 28.7 Å². The van der Waals surface area contributed by atoms with Crippen LogP contribution in [-0.4, -0.2) is 50.0 Å². The third kappa shape index (κ3) is 18.5. The van der Waals surface area contributed by atoms with Crippen LogP contribution in [0.1, 0.15) is 6.92 Å². The smallest absolute Gasteiger partial charge is 0.0876 e. The highest BCUT2D eigenvalue weighted by Gasteiger charge is 2.04. The number of quaternary nitrogens is 1. The lowest BCUT2D eigenvalue weighted by molar-refractivity contribution is -0.867. The Kier molecular flexibility index (Phi) is 17.0. The quantitative estimate of drug-likeness (QED) is 0.209. The number of hydrogen-bond donors (Lipinski definition) is 1. The first kappa shape index (κ1) is 20.2. The molecule has 0 amide bonds. The summed E-state index contributed by atoms with van der Waals surface area (Å²) in [6, 6.07) is 0. The molecule has 0 atom stereocenters. The number of thioether (sulfide) groups is 1. The molecule has 0 heterocycles. The lowest BCUT2D eigenvalue weighted by Crippen LogP contribution is -3.00. The van der Waals surface area contributed by atoms with Crippen LogP contribution in [0.15, 0.2) is 5.10 Å². The summed E-state index contributed by atoms with van der Waals surface area (Å²) in [7, 11) is 6.59. The molecular formula is C8H21Br2N3S. The molecule has 0 spiro atoms. The summed E-state index contributed by atoms with van der Waals surface area (Å²) in [6.45, 7) is 4.10. The van der Waals surface area contributed by atoms with Crippen LogP contribution in [0.25, 0.3) is 0 Å². The number of nitrogens with zero attached hydrogens (tertiary/aromatic N) is 2. The summed E-state index contributed by atoms with van der Waals surface area (Å²) in [5.74, 6) is 1.12. The molecule has 0 radical (unpaired) electrons. The molecule has 0 rings (SSSR count). The van der Waals surface area contributed by atoms with Gasteiger partial charge in [0.05, 0.1) is 33.2 Å². The van der Waals surface area contributed by atoms with Crippen molar-refractivity contribution in [1.29, 1.82) is 0 Å². The SMILES string of the molecule is Br.CCN/N=C\SCC[N+](C)(C)C.[Br-]. The molecule has 0 aliphatic rings. The molecule has 0 saturated carbocycles. The van der Waals surface area contributed by atoms with E-state index in [0.717, 1.165) is 16.8 Å². The Bertz CT molecular complexity index is 137. The summed E-state index contributed by atoms with van der Waals surface area (Å²) in [5, 5.41) is 3.99. The molecule has 0 aliphatic carbocycles. The van der Waals surface area contributed by atoms with Gasteiger partial charge in [-0.3, -0.25) is 0 Å². The summed E-state index contributed by atoms with van der Waals surface area (Å²) in [6.07, 6.45) is 0. The lowest BCUT2D eigenvalue weighted by Gasteiger charge is -2.22. The number of hydrazone groups is 1. The van der Waals surface area contributed by atoms with Crippen LogP contribution < -0.4 is 22.4 Å². The number of hydrogen-bond acceptors (Lipinski definition) is 3. The first-order valence-electron chi connectivity index (χ1n) is 4.22. The maximum Gasteiger partial charge on any atom is 0.0876 e. The maximum absolute atomic E-state index is 3.99. The Morgan fingerprint density at radius 1 is 1.36 bits per heavy atom. The topological polar surface area (TPSA) is 24.4 Å². The minimum absolute atomic E-state index is 0. The minimum atomic E-state index is 0. The van der Waals surface area contributed by atoms with Crippen molar-refractivity contribution in [3.8, 4) is 0 Å². The second-order valence-electron chi connectivity index (χ2n) is 3.63. The molecule has 0 fully saturated rings. The molecule has 0 aliphatic heterocycles. The average Bonchev–Trinajstić information content (AvgIpc) is 1.94. The number of halogens is 2. The molecule has 0 aromatic carbocycles. The molecule has 6 heteroatoms. The Morgan fingerprint density at radius 3 is 2.36 bits per heavy atom. The molecule has 0 aromatic heterocycles. The van der Waals surface area contributed by atoms with Gasteiger partial charge in [-0.25, -0.2) is 0 Å². The van der Waals surface area contributed by atoms with Gasteiger partial charge in [-0.1, -0.05) is 0 Å². The molecule has 0 saturated heterocycles. The van der Waals surface area contributed by atoms with Crippen LogP contribution in [0.3, 0.4) is 0 Å². The van der Waals surface area contributed by atoms with Crippen molar-refractivity contribution >= 4 is 34.3 Å². The van der Waals surface area contributed by atoms with Crippen LogP contribution in [0.5, 0.6) is 0 Å². The van der Waals surface area contributed by atoms with Crippen molar-refractivity contribution in [3.63, 3.8) is 0 Å². The van der Waals surface area contributed by atoms with E-state index in [1.54, 1.807) is 11.8 Å². The van der Waals surface area contributed by atoms with E-state index in [9.17, 15) is 0 Å². The first-order valence-corrected chi connectivity index (χ1v) is 5.27. The predicted octanol–water partition coefficient (Wildman–Crippen LogP) is -1.44. The standard InChI is InChI=1S/C8H20N3S.2BrH/c1-5-9-10-8-12-7-6-11(2,3)4;;/h8-9H,5-7H2,1-4H3;2*1H/q+1;;/p-1/b10-8-;;. The van der Waals surface area contributed by atoms with Crippen LogP contribution in [-0.2, 0) is 0 Å². The maximum atomic E-state index is 3.99. The van der Waals surface area contributed by atoms with E-state index < -0.39 is 0 Å². The van der Waals surface area contributed by atoms with Crippen molar-refractivity contribution in [3.05, 3.63) is 0 Å². The van der Waals surface area contributed by atoms with Gasteiger partial charge < -0.3 is 26.9 Å². The summed E-state index contributed by atoms with van der Waals surface area (Å²) in [4.78, 5) is 0. The van der Waals surface area contributed by atoms with E-state index in [4.69, 9.17) is 0 Å². The predicted molar refractivity (Wildman–Crippen MR) is 67.8 cm³/mol. The van der Waals surface area contributed by atoms with Gasteiger partial charge in [0.1, 0.15) is 0 Å². The van der Waals surface area contributed by atoms with Gasteiger partial charge >= 0.3 is 0 Å². The summed E-state index contributed by atoms with van der Waals surface area (Å²) < 4.78 is 1.02. The van der Waals surface area contributed by atoms with Crippen LogP contribution in [0, 0.1) is 0 Å². The van der Waals surface area contributed by atoms with Crippen LogP contribution in [0.4, 0.5) is 0 Å². The van der Waals surface area contributed by atoms with Crippen molar-refractivity contribution in [2.24, 2.45) is 5.10 Å². The fraction of sp³-hybridized carbons (Fsp3) is 0.875. The van der Waals surface area contributed by atoms with Gasteiger partial charge in [-0.2, -0.15) is 5.10 Å². The van der Waals surface area contributed by atoms with Crippen molar-refractivity contribution in [1.82, 2.24) is 5.43 Å². The monoisotopic (exact) mass is 349 g/mol.